The summed E-state index contributed by atoms with van der Waals surface area (Å²) >= 11 is 0. The van der Waals surface area contributed by atoms with Gasteiger partial charge in [0.05, 0.1) is 6.04 Å². The summed E-state index contributed by atoms with van der Waals surface area (Å²) in [6.07, 6.45) is 0.120. The Kier molecular flexibility index (Phi) is 6.35. The van der Waals surface area contributed by atoms with Crippen LogP contribution in [-0.2, 0) is 20.8 Å². The summed E-state index contributed by atoms with van der Waals surface area (Å²) in [5.41, 5.74) is 11.6. The van der Waals surface area contributed by atoms with Crippen LogP contribution in [0.25, 0.3) is 0 Å². The van der Waals surface area contributed by atoms with E-state index in [-0.39, 0.29) is 12.8 Å². The first-order chi connectivity index (χ1) is 9.90. The summed E-state index contributed by atoms with van der Waals surface area (Å²) in [6.45, 7) is 0. The van der Waals surface area contributed by atoms with Crippen molar-refractivity contribution in [3.63, 3.8) is 0 Å². The van der Waals surface area contributed by atoms with Crippen LogP contribution in [0.1, 0.15) is 18.4 Å². The normalized spacial score (nSPS) is 13.2. The van der Waals surface area contributed by atoms with E-state index in [0.717, 1.165) is 5.56 Å². The Balaban J connectivity index is 2.56. The van der Waals surface area contributed by atoms with Gasteiger partial charge < -0.3 is 21.9 Å². The van der Waals surface area contributed by atoms with Gasteiger partial charge in [0.1, 0.15) is 6.04 Å². The first kappa shape index (κ1) is 16.6. The molecule has 1 aromatic rings. The van der Waals surface area contributed by atoms with Crippen molar-refractivity contribution in [1.29, 1.82) is 0 Å². The average molecular weight is 293 g/mol. The van der Waals surface area contributed by atoms with E-state index in [1.165, 1.54) is 0 Å². The molecule has 0 saturated carbocycles. The summed E-state index contributed by atoms with van der Waals surface area (Å²) in [6, 6.07) is 7.12. The molecule has 7 heteroatoms. The number of carboxylic acids is 1. The van der Waals surface area contributed by atoms with Crippen LogP contribution in [0.3, 0.4) is 0 Å². The van der Waals surface area contributed by atoms with E-state index in [4.69, 9.17) is 16.6 Å². The molecule has 0 aliphatic heterocycles. The molecule has 0 aromatic heterocycles. The molecular weight excluding hydrogens is 274 g/mol. The maximum Gasteiger partial charge on any atom is 0.326 e. The Morgan fingerprint density at radius 3 is 2.33 bits per heavy atom. The third kappa shape index (κ3) is 6.05. The summed E-state index contributed by atoms with van der Waals surface area (Å²) in [5, 5.41) is 11.3. The molecule has 0 spiro atoms. The van der Waals surface area contributed by atoms with Crippen molar-refractivity contribution in [2.75, 3.05) is 0 Å². The van der Waals surface area contributed by atoms with Crippen LogP contribution in [-0.4, -0.2) is 35.0 Å². The van der Waals surface area contributed by atoms with Gasteiger partial charge in [-0.25, -0.2) is 4.79 Å². The number of hydrogen-bond acceptors (Lipinski definition) is 4. The SMILES string of the molecule is NC(=O)CC[C@@H](NC(=O)C(N)Cc1ccccc1)C(=O)O. The van der Waals surface area contributed by atoms with Gasteiger partial charge in [0.15, 0.2) is 0 Å². The lowest BCUT2D eigenvalue weighted by Gasteiger charge is -2.17. The molecule has 7 nitrogen and oxygen atoms in total. The zero-order valence-corrected chi connectivity index (χ0v) is 11.5. The third-order valence-electron chi connectivity index (χ3n) is 2.93. The zero-order valence-electron chi connectivity index (χ0n) is 11.5. The van der Waals surface area contributed by atoms with E-state index >= 15 is 0 Å². The first-order valence-corrected chi connectivity index (χ1v) is 6.51. The first-order valence-electron chi connectivity index (χ1n) is 6.51. The molecule has 114 valence electrons. The highest BCUT2D eigenvalue weighted by Gasteiger charge is 2.23. The van der Waals surface area contributed by atoms with E-state index < -0.39 is 29.9 Å². The van der Waals surface area contributed by atoms with Gasteiger partial charge in [0.2, 0.25) is 11.8 Å². The number of aliphatic carboxylic acids is 1. The molecule has 2 atom stereocenters. The van der Waals surface area contributed by atoms with Crippen molar-refractivity contribution in [2.24, 2.45) is 11.5 Å². The van der Waals surface area contributed by atoms with E-state index in [2.05, 4.69) is 5.32 Å². The Hall–Kier alpha value is -2.41. The van der Waals surface area contributed by atoms with E-state index in [9.17, 15) is 14.4 Å². The zero-order chi connectivity index (χ0) is 15.8. The number of carboxylic acid groups (broad SMARTS) is 1. The van der Waals surface area contributed by atoms with Gasteiger partial charge in [0, 0.05) is 6.42 Å². The standard InChI is InChI=1S/C14H19N3O4/c15-10(8-9-4-2-1-3-5-9)13(19)17-11(14(20)21)6-7-12(16)18/h1-5,10-11H,6-8,15H2,(H2,16,18)(H,17,19)(H,20,21)/t10?,11-/m1/s1. The Morgan fingerprint density at radius 2 is 1.81 bits per heavy atom. The van der Waals surface area contributed by atoms with Gasteiger partial charge in [-0.1, -0.05) is 30.3 Å². The molecule has 0 bridgehead atoms. The number of carbonyl (C=O) groups is 3. The number of benzene rings is 1. The van der Waals surface area contributed by atoms with Crippen LogP contribution < -0.4 is 16.8 Å². The predicted molar refractivity (Wildman–Crippen MR) is 76.1 cm³/mol. The molecule has 1 unspecified atom stereocenters. The Labute approximate surface area is 122 Å². The number of carbonyl (C=O) groups excluding carboxylic acids is 2. The van der Waals surface area contributed by atoms with Crippen molar-refractivity contribution in [3.8, 4) is 0 Å². The fourth-order valence-corrected chi connectivity index (χ4v) is 1.78. The van der Waals surface area contributed by atoms with Crippen LogP contribution in [0, 0.1) is 0 Å². The Bertz CT molecular complexity index is 504. The number of amides is 2. The average Bonchev–Trinajstić information content (AvgIpc) is 2.43. The van der Waals surface area contributed by atoms with E-state index in [1.807, 2.05) is 30.3 Å². The largest absolute Gasteiger partial charge is 0.480 e. The topological polar surface area (TPSA) is 136 Å². The maximum absolute atomic E-state index is 11.9. The number of hydrogen-bond donors (Lipinski definition) is 4. The molecule has 0 fully saturated rings. The lowest BCUT2D eigenvalue weighted by Crippen LogP contribution is -2.49. The van der Waals surface area contributed by atoms with Gasteiger partial charge in [-0.05, 0) is 18.4 Å². The maximum atomic E-state index is 11.9. The van der Waals surface area contributed by atoms with Crippen molar-refractivity contribution >= 4 is 17.8 Å². The summed E-state index contributed by atoms with van der Waals surface area (Å²) in [7, 11) is 0. The quantitative estimate of drug-likeness (QED) is 0.507. The minimum Gasteiger partial charge on any atom is -0.480 e. The highest BCUT2D eigenvalue weighted by Crippen LogP contribution is 2.03. The van der Waals surface area contributed by atoms with Gasteiger partial charge in [-0.2, -0.15) is 0 Å². The van der Waals surface area contributed by atoms with Gasteiger partial charge in [-0.15, -0.1) is 0 Å². The van der Waals surface area contributed by atoms with Gasteiger partial charge in [0.25, 0.3) is 0 Å². The molecule has 0 heterocycles. The van der Waals surface area contributed by atoms with E-state index in [1.54, 1.807) is 0 Å². The summed E-state index contributed by atoms with van der Waals surface area (Å²) in [5.74, 6) is -2.42. The van der Waals surface area contributed by atoms with Crippen LogP contribution in [0.2, 0.25) is 0 Å². The van der Waals surface area contributed by atoms with Crippen molar-refractivity contribution in [3.05, 3.63) is 35.9 Å². The number of nitrogens with two attached hydrogens (primary N) is 2. The smallest absolute Gasteiger partial charge is 0.326 e. The minimum atomic E-state index is -1.23. The van der Waals surface area contributed by atoms with Crippen LogP contribution in [0.5, 0.6) is 0 Å². The fourth-order valence-electron chi connectivity index (χ4n) is 1.78. The monoisotopic (exact) mass is 293 g/mol. The van der Waals surface area contributed by atoms with Crippen molar-refractivity contribution in [2.45, 2.75) is 31.3 Å². The molecule has 21 heavy (non-hydrogen) atoms. The van der Waals surface area contributed by atoms with Gasteiger partial charge in [-0.3, -0.25) is 9.59 Å². The number of rotatable bonds is 8. The molecule has 1 aromatic carbocycles. The number of primary amides is 1. The molecule has 1 rings (SSSR count). The summed E-state index contributed by atoms with van der Waals surface area (Å²) < 4.78 is 0. The fraction of sp³-hybridized carbons (Fsp3) is 0.357. The second-order valence-electron chi connectivity index (χ2n) is 4.70. The van der Waals surface area contributed by atoms with Crippen LogP contribution >= 0.6 is 0 Å². The molecule has 0 saturated heterocycles. The molecular formula is C14H19N3O4. The van der Waals surface area contributed by atoms with Crippen LogP contribution in [0.15, 0.2) is 30.3 Å². The van der Waals surface area contributed by atoms with Crippen LogP contribution in [0.4, 0.5) is 0 Å². The number of nitrogens with one attached hydrogen (secondary N) is 1. The van der Waals surface area contributed by atoms with Gasteiger partial charge >= 0.3 is 5.97 Å². The molecule has 0 radical (unpaired) electrons. The lowest BCUT2D eigenvalue weighted by molar-refractivity contribution is -0.142. The second kappa shape index (κ2) is 8.01. The molecule has 0 aliphatic carbocycles. The predicted octanol–water partition coefficient (Wildman–Crippen LogP) is -0.609. The summed E-state index contributed by atoms with van der Waals surface area (Å²) in [4.78, 5) is 33.6. The molecule has 2 amide bonds. The van der Waals surface area contributed by atoms with Crippen molar-refractivity contribution < 1.29 is 19.5 Å². The molecule has 0 aliphatic rings. The molecule has 6 N–H and O–H groups in total. The third-order valence-corrected chi connectivity index (χ3v) is 2.93. The highest BCUT2D eigenvalue weighted by atomic mass is 16.4. The minimum absolute atomic E-state index is 0.0610. The highest BCUT2D eigenvalue weighted by molar-refractivity contribution is 5.87. The Morgan fingerprint density at radius 1 is 1.19 bits per heavy atom. The van der Waals surface area contributed by atoms with E-state index in [0.29, 0.717) is 6.42 Å². The lowest BCUT2D eigenvalue weighted by atomic mass is 10.1. The second-order valence-corrected chi connectivity index (χ2v) is 4.70. The van der Waals surface area contributed by atoms with Crippen molar-refractivity contribution in [1.82, 2.24) is 5.32 Å².